The first kappa shape index (κ1) is 10.8. The van der Waals surface area contributed by atoms with E-state index in [1.165, 1.54) is 0 Å². The highest BCUT2D eigenvalue weighted by atomic mass is 16.5. The van der Waals surface area contributed by atoms with Gasteiger partial charge in [0.25, 0.3) is 0 Å². The van der Waals surface area contributed by atoms with Gasteiger partial charge in [-0.2, -0.15) is 0 Å². The van der Waals surface area contributed by atoms with E-state index in [1.54, 1.807) is 0 Å². The minimum atomic E-state index is 0.243. The van der Waals surface area contributed by atoms with E-state index in [1.807, 2.05) is 18.7 Å². The monoisotopic (exact) mass is 235 g/mol. The number of rotatable bonds is 2. The van der Waals surface area contributed by atoms with Gasteiger partial charge in [-0.1, -0.05) is 5.16 Å². The molecule has 0 aromatic carbocycles. The van der Waals surface area contributed by atoms with Crippen LogP contribution in [0, 0.1) is 13.8 Å². The number of likely N-dealkylation sites (tertiary alicyclic amines) is 1. The van der Waals surface area contributed by atoms with Crippen molar-refractivity contribution in [2.45, 2.75) is 45.3 Å². The molecule has 0 spiro atoms. The second kappa shape index (κ2) is 3.84. The molecule has 5 nitrogen and oxygen atoms in total. The predicted molar refractivity (Wildman–Crippen MR) is 61.3 cm³/mol. The molecule has 2 aliphatic rings. The first-order chi connectivity index (χ1) is 8.16. The summed E-state index contributed by atoms with van der Waals surface area (Å²) >= 11 is 0. The van der Waals surface area contributed by atoms with Crippen molar-refractivity contribution >= 4 is 5.91 Å². The van der Waals surface area contributed by atoms with E-state index in [-0.39, 0.29) is 5.91 Å². The summed E-state index contributed by atoms with van der Waals surface area (Å²) in [5.41, 5.74) is 1.95. The van der Waals surface area contributed by atoms with Gasteiger partial charge in [0.2, 0.25) is 5.91 Å². The summed E-state index contributed by atoms with van der Waals surface area (Å²) in [6, 6.07) is 0.708. The van der Waals surface area contributed by atoms with Crippen LogP contribution in [0.15, 0.2) is 4.52 Å². The third kappa shape index (κ3) is 1.65. The van der Waals surface area contributed by atoms with Crippen molar-refractivity contribution in [1.82, 2.24) is 15.4 Å². The Hall–Kier alpha value is -1.36. The molecule has 2 fully saturated rings. The van der Waals surface area contributed by atoms with E-state index in [9.17, 15) is 4.79 Å². The van der Waals surface area contributed by atoms with Crippen LogP contribution < -0.4 is 5.32 Å². The molecule has 3 rings (SSSR count). The summed E-state index contributed by atoms with van der Waals surface area (Å²) in [7, 11) is 0. The fraction of sp³-hybridized carbons (Fsp3) is 0.667. The van der Waals surface area contributed by atoms with Crippen LogP contribution in [0.25, 0.3) is 0 Å². The van der Waals surface area contributed by atoms with Crippen LogP contribution in [0.4, 0.5) is 0 Å². The summed E-state index contributed by atoms with van der Waals surface area (Å²) in [5, 5.41) is 7.33. The first-order valence-corrected chi connectivity index (χ1v) is 6.11. The average molecular weight is 235 g/mol. The van der Waals surface area contributed by atoms with Crippen molar-refractivity contribution in [3.63, 3.8) is 0 Å². The van der Waals surface area contributed by atoms with Crippen molar-refractivity contribution in [3.8, 4) is 0 Å². The number of carbonyl (C=O) groups excluding carboxylic acids is 1. The molecular weight excluding hydrogens is 218 g/mol. The number of hydrogen-bond donors (Lipinski definition) is 1. The van der Waals surface area contributed by atoms with Gasteiger partial charge in [-0.3, -0.25) is 4.79 Å². The Morgan fingerprint density at radius 1 is 1.53 bits per heavy atom. The van der Waals surface area contributed by atoms with Crippen LogP contribution >= 0.6 is 0 Å². The molecule has 1 aromatic heterocycles. The molecule has 0 unspecified atom stereocenters. The Morgan fingerprint density at radius 2 is 2.35 bits per heavy atom. The van der Waals surface area contributed by atoms with E-state index in [0.717, 1.165) is 30.0 Å². The zero-order valence-electron chi connectivity index (χ0n) is 10.2. The van der Waals surface area contributed by atoms with Gasteiger partial charge in [0.1, 0.15) is 5.76 Å². The number of hydrogen-bond acceptors (Lipinski definition) is 4. The highest BCUT2D eigenvalue weighted by Gasteiger charge is 2.42. The van der Waals surface area contributed by atoms with E-state index in [0.29, 0.717) is 25.0 Å². The number of amides is 1. The SMILES string of the molecule is Cc1noc(C)c1CN1C(=O)C[C@H]2NCC[C@H]21. The molecule has 5 heteroatoms. The lowest BCUT2D eigenvalue weighted by molar-refractivity contribution is -0.129. The fourth-order valence-electron chi connectivity index (χ4n) is 2.93. The van der Waals surface area contributed by atoms with Gasteiger partial charge >= 0.3 is 0 Å². The molecule has 3 heterocycles. The molecule has 92 valence electrons. The molecule has 0 aliphatic carbocycles. The lowest BCUT2D eigenvalue weighted by Crippen LogP contribution is -2.35. The third-order valence-corrected chi connectivity index (χ3v) is 3.94. The topological polar surface area (TPSA) is 58.4 Å². The zero-order chi connectivity index (χ0) is 12.0. The molecule has 1 aromatic rings. The summed E-state index contributed by atoms with van der Waals surface area (Å²) in [4.78, 5) is 14.0. The summed E-state index contributed by atoms with van der Waals surface area (Å²) in [6.45, 7) is 5.49. The Bertz CT molecular complexity index is 435. The number of nitrogens with one attached hydrogen (secondary N) is 1. The largest absolute Gasteiger partial charge is 0.361 e. The maximum Gasteiger partial charge on any atom is 0.224 e. The van der Waals surface area contributed by atoms with Crippen LogP contribution in [0.3, 0.4) is 0 Å². The molecule has 17 heavy (non-hydrogen) atoms. The number of nitrogens with zero attached hydrogens (tertiary/aromatic N) is 2. The van der Waals surface area contributed by atoms with Crippen LogP contribution in [-0.4, -0.2) is 34.6 Å². The second-order valence-electron chi connectivity index (χ2n) is 4.95. The van der Waals surface area contributed by atoms with Gasteiger partial charge in [-0.05, 0) is 26.8 Å². The van der Waals surface area contributed by atoms with Gasteiger partial charge in [0, 0.05) is 24.1 Å². The van der Waals surface area contributed by atoms with E-state index < -0.39 is 0 Å². The van der Waals surface area contributed by atoms with Gasteiger partial charge in [0.15, 0.2) is 0 Å². The van der Waals surface area contributed by atoms with Gasteiger partial charge in [-0.25, -0.2) is 0 Å². The van der Waals surface area contributed by atoms with Gasteiger partial charge in [0.05, 0.1) is 12.2 Å². The van der Waals surface area contributed by atoms with Crippen LogP contribution in [-0.2, 0) is 11.3 Å². The molecule has 0 radical (unpaired) electrons. The fourth-order valence-corrected chi connectivity index (χ4v) is 2.93. The second-order valence-corrected chi connectivity index (χ2v) is 4.95. The Kier molecular flexibility index (Phi) is 2.43. The molecule has 2 atom stereocenters. The van der Waals surface area contributed by atoms with Crippen molar-refractivity contribution < 1.29 is 9.32 Å². The zero-order valence-corrected chi connectivity index (χ0v) is 10.2. The maximum atomic E-state index is 12.0. The highest BCUT2D eigenvalue weighted by Crippen LogP contribution is 2.29. The van der Waals surface area contributed by atoms with Crippen LogP contribution in [0.2, 0.25) is 0 Å². The number of aromatic nitrogens is 1. The van der Waals surface area contributed by atoms with Crippen molar-refractivity contribution in [2.24, 2.45) is 0 Å². The first-order valence-electron chi connectivity index (χ1n) is 6.11. The summed E-state index contributed by atoms with van der Waals surface area (Å²) in [6.07, 6.45) is 1.69. The standard InChI is InChI=1S/C12H17N3O2/c1-7-9(8(2)17-14-7)6-15-11-3-4-13-10(11)5-12(15)16/h10-11,13H,3-6H2,1-2H3/t10-,11-/m1/s1. The van der Waals surface area contributed by atoms with Crippen molar-refractivity contribution in [1.29, 1.82) is 0 Å². The summed E-state index contributed by atoms with van der Waals surface area (Å²) in [5.74, 6) is 1.07. The summed E-state index contributed by atoms with van der Waals surface area (Å²) < 4.78 is 5.15. The predicted octanol–water partition coefficient (Wildman–Crippen LogP) is 0.754. The normalized spacial score (nSPS) is 27.9. The Labute approximate surface area is 100 Å². The molecular formula is C12H17N3O2. The molecule has 2 aliphatic heterocycles. The minimum absolute atomic E-state index is 0.243. The Morgan fingerprint density at radius 3 is 3.06 bits per heavy atom. The molecule has 0 bridgehead atoms. The van der Waals surface area contributed by atoms with Crippen molar-refractivity contribution in [3.05, 3.63) is 17.0 Å². The van der Waals surface area contributed by atoms with E-state index in [2.05, 4.69) is 10.5 Å². The Balaban J connectivity index is 1.83. The van der Waals surface area contributed by atoms with Gasteiger partial charge in [-0.15, -0.1) is 0 Å². The van der Waals surface area contributed by atoms with E-state index >= 15 is 0 Å². The number of carbonyl (C=O) groups is 1. The minimum Gasteiger partial charge on any atom is -0.361 e. The molecule has 1 amide bonds. The van der Waals surface area contributed by atoms with Gasteiger partial charge < -0.3 is 14.7 Å². The lowest BCUT2D eigenvalue weighted by Gasteiger charge is -2.23. The van der Waals surface area contributed by atoms with E-state index in [4.69, 9.17) is 4.52 Å². The quantitative estimate of drug-likeness (QED) is 0.822. The third-order valence-electron chi connectivity index (χ3n) is 3.94. The number of aryl methyl sites for hydroxylation is 2. The smallest absolute Gasteiger partial charge is 0.224 e. The molecule has 0 saturated carbocycles. The molecule has 1 N–H and O–H groups in total. The molecule has 2 saturated heterocycles. The van der Waals surface area contributed by atoms with Crippen LogP contribution in [0.1, 0.15) is 29.9 Å². The van der Waals surface area contributed by atoms with Crippen LogP contribution in [0.5, 0.6) is 0 Å². The lowest BCUT2D eigenvalue weighted by atomic mass is 10.1. The average Bonchev–Trinajstić information content (AvgIpc) is 2.91. The highest BCUT2D eigenvalue weighted by molar-refractivity contribution is 5.80. The maximum absolute atomic E-state index is 12.0. The number of fused-ring (bicyclic) bond motifs is 1. The van der Waals surface area contributed by atoms with Crippen molar-refractivity contribution in [2.75, 3.05) is 6.54 Å².